The summed E-state index contributed by atoms with van der Waals surface area (Å²) in [6.45, 7) is 5.84. The fourth-order valence-electron chi connectivity index (χ4n) is 3.84. The molecular formula is C20H22FN7. The van der Waals surface area contributed by atoms with Crippen LogP contribution >= 0.6 is 0 Å². The molecule has 0 saturated carbocycles. The number of nitrogens with zero attached hydrogens (tertiary/aromatic N) is 5. The molecule has 0 aliphatic carbocycles. The predicted octanol–water partition coefficient (Wildman–Crippen LogP) is 2.82. The fourth-order valence-corrected chi connectivity index (χ4v) is 3.84. The van der Waals surface area contributed by atoms with Crippen molar-refractivity contribution in [1.29, 1.82) is 0 Å². The first kappa shape index (κ1) is 17.0. The molecule has 0 unspecified atom stereocenters. The Kier molecular flexibility index (Phi) is 3.94. The molecule has 0 atom stereocenters. The lowest BCUT2D eigenvalue weighted by atomic mass is 10.2. The molecule has 0 bridgehead atoms. The highest BCUT2D eigenvalue weighted by Gasteiger charge is 2.15. The zero-order valence-electron chi connectivity index (χ0n) is 15.9. The van der Waals surface area contributed by atoms with Crippen LogP contribution in [0.25, 0.3) is 16.6 Å². The van der Waals surface area contributed by atoms with Gasteiger partial charge in [-0.1, -0.05) is 0 Å². The molecule has 0 spiro atoms. The molecule has 5 rings (SSSR count). The Bertz CT molecular complexity index is 1170. The van der Waals surface area contributed by atoms with Crippen LogP contribution in [0.15, 0.2) is 36.7 Å². The predicted molar refractivity (Wildman–Crippen MR) is 109 cm³/mol. The number of nitrogens with one attached hydrogen (secondary N) is 2. The van der Waals surface area contributed by atoms with Crippen LogP contribution in [-0.2, 0) is 7.05 Å². The Morgan fingerprint density at radius 1 is 1.14 bits per heavy atom. The Labute approximate surface area is 161 Å². The van der Waals surface area contributed by atoms with Crippen LogP contribution in [0, 0.1) is 12.7 Å². The molecule has 4 heterocycles. The molecule has 1 aliphatic rings. The summed E-state index contributed by atoms with van der Waals surface area (Å²) >= 11 is 0. The molecule has 0 amide bonds. The van der Waals surface area contributed by atoms with E-state index in [9.17, 15) is 4.39 Å². The zero-order valence-corrected chi connectivity index (χ0v) is 15.9. The van der Waals surface area contributed by atoms with Gasteiger partial charge in [-0.05, 0) is 25.1 Å². The van der Waals surface area contributed by atoms with Crippen LogP contribution in [0.3, 0.4) is 0 Å². The molecule has 1 fully saturated rings. The van der Waals surface area contributed by atoms with Crippen molar-refractivity contribution < 1.29 is 4.39 Å². The van der Waals surface area contributed by atoms with E-state index >= 15 is 0 Å². The van der Waals surface area contributed by atoms with Gasteiger partial charge in [0.1, 0.15) is 0 Å². The molecule has 1 saturated heterocycles. The van der Waals surface area contributed by atoms with Gasteiger partial charge in [-0.15, -0.1) is 0 Å². The molecule has 1 aromatic carbocycles. The molecule has 28 heavy (non-hydrogen) atoms. The molecule has 3 aromatic heterocycles. The number of benzene rings is 1. The maximum Gasteiger partial charge on any atom is 0.173 e. The van der Waals surface area contributed by atoms with Crippen molar-refractivity contribution in [3.05, 3.63) is 48.2 Å². The molecule has 2 N–H and O–H groups in total. The first-order valence-corrected chi connectivity index (χ1v) is 9.43. The lowest BCUT2D eigenvalue weighted by molar-refractivity contribution is 0.589. The first-order chi connectivity index (χ1) is 13.6. The van der Waals surface area contributed by atoms with Crippen molar-refractivity contribution in [2.45, 2.75) is 6.92 Å². The fraction of sp³-hybridized carbons (Fsp3) is 0.300. The zero-order chi connectivity index (χ0) is 19.3. The number of halogens is 1. The van der Waals surface area contributed by atoms with E-state index in [4.69, 9.17) is 0 Å². The number of pyridine rings is 1. The van der Waals surface area contributed by atoms with Gasteiger partial charge in [0, 0.05) is 62.8 Å². The van der Waals surface area contributed by atoms with E-state index in [1.807, 2.05) is 24.9 Å². The van der Waals surface area contributed by atoms with E-state index in [1.54, 1.807) is 10.6 Å². The number of imidazole rings is 1. The topological polar surface area (TPSA) is 62.4 Å². The Balaban J connectivity index is 1.51. The third kappa shape index (κ3) is 2.86. The van der Waals surface area contributed by atoms with Gasteiger partial charge >= 0.3 is 0 Å². The lowest BCUT2D eigenvalue weighted by Crippen LogP contribution is -2.43. The summed E-state index contributed by atoms with van der Waals surface area (Å²) in [4.78, 5) is 6.58. The van der Waals surface area contributed by atoms with Crippen molar-refractivity contribution in [1.82, 2.24) is 24.5 Å². The summed E-state index contributed by atoms with van der Waals surface area (Å²) in [6.07, 6.45) is 3.63. The van der Waals surface area contributed by atoms with Crippen LogP contribution in [0.4, 0.5) is 21.6 Å². The molecule has 7 nitrogen and oxygen atoms in total. The number of rotatable bonds is 3. The van der Waals surface area contributed by atoms with Crippen molar-refractivity contribution in [2.24, 2.45) is 7.05 Å². The van der Waals surface area contributed by atoms with Crippen LogP contribution < -0.4 is 15.5 Å². The van der Waals surface area contributed by atoms with Crippen LogP contribution in [0.5, 0.6) is 0 Å². The number of piperazine rings is 1. The van der Waals surface area contributed by atoms with E-state index in [0.717, 1.165) is 42.8 Å². The van der Waals surface area contributed by atoms with Crippen molar-refractivity contribution in [3.63, 3.8) is 0 Å². The highest BCUT2D eigenvalue weighted by Crippen LogP contribution is 2.29. The highest BCUT2D eigenvalue weighted by molar-refractivity contribution is 5.94. The summed E-state index contributed by atoms with van der Waals surface area (Å²) in [5.74, 6) is 0.347. The second-order valence-electron chi connectivity index (χ2n) is 7.23. The number of hydrogen-bond donors (Lipinski definition) is 2. The Morgan fingerprint density at radius 2 is 1.96 bits per heavy atom. The number of fused-ring (bicyclic) bond motifs is 2. The molecule has 8 heteroatoms. The number of anilines is 3. The first-order valence-electron chi connectivity index (χ1n) is 9.43. The quantitative estimate of drug-likeness (QED) is 0.573. The van der Waals surface area contributed by atoms with Crippen LogP contribution in [-0.4, -0.2) is 45.3 Å². The SMILES string of the molecule is Cc1cn2cc(Nc3nn(C)c4cc(N5CCNCC5)ccc34)cc(F)c2n1. The van der Waals surface area contributed by atoms with Gasteiger partial charge < -0.3 is 19.9 Å². The van der Waals surface area contributed by atoms with Gasteiger partial charge in [-0.25, -0.2) is 9.37 Å². The standard InChI is InChI=1S/C20H22FN7/c1-13-11-28-12-14(9-17(21)20(28)23-13)24-19-16-4-3-15(10-18(16)26(2)25-19)27-7-5-22-6-8-27/h3-4,9-12,22H,5-8H2,1-2H3,(H,24,25). The third-order valence-electron chi connectivity index (χ3n) is 5.21. The summed E-state index contributed by atoms with van der Waals surface area (Å²) in [7, 11) is 1.93. The molecule has 4 aromatic rings. The smallest absolute Gasteiger partial charge is 0.173 e. The number of hydrogen-bond acceptors (Lipinski definition) is 5. The third-order valence-corrected chi connectivity index (χ3v) is 5.21. The number of aryl methyl sites for hydroxylation is 2. The summed E-state index contributed by atoms with van der Waals surface area (Å²) in [5, 5.41) is 12.3. The summed E-state index contributed by atoms with van der Waals surface area (Å²) in [6, 6.07) is 7.83. The molecule has 1 aliphatic heterocycles. The molecule has 144 valence electrons. The van der Waals surface area contributed by atoms with Crippen molar-refractivity contribution >= 4 is 33.7 Å². The van der Waals surface area contributed by atoms with Crippen molar-refractivity contribution in [3.8, 4) is 0 Å². The van der Waals surface area contributed by atoms with E-state index in [1.165, 1.54) is 11.8 Å². The lowest BCUT2D eigenvalue weighted by Gasteiger charge is -2.29. The second-order valence-corrected chi connectivity index (χ2v) is 7.23. The van der Waals surface area contributed by atoms with Gasteiger partial charge in [0.2, 0.25) is 0 Å². The minimum absolute atomic E-state index is 0.328. The van der Waals surface area contributed by atoms with Crippen LogP contribution in [0.2, 0.25) is 0 Å². The normalized spacial score (nSPS) is 14.9. The average molecular weight is 379 g/mol. The Hall–Kier alpha value is -3.13. The molecule has 0 radical (unpaired) electrons. The van der Waals surface area contributed by atoms with Gasteiger partial charge in [-0.2, -0.15) is 5.10 Å². The van der Waals surface area contributed by atoms with E-state index in [0.29, 0.717) is 17.2 Å². The minimum atomic E-state index is -0.362. The van der Waals surface area contributed by atoms with Gasteiger partial charge in [0.15, 0.2) is 17.3 Å². The number of aromatic nitrogens is 4. The van der Waals surface area contributed by atoms with E-state index in [2.05, 4.69) is 43.8 Å². The Morgan fingerprint density at radius 3 is 2.79 bits per heavy atom. The minimum Gasteiger partial charge on any atom is -0.369 e. The van der Waals surface area contributed by atoms with Gasteiger partial charge in [0.05, 0.1) is 16.9 Å². The van der Waals surface area contributed by atoms with E-state index in [-0.39, 0.29) is 5.82 Å². The second kappa shape index (κ2) is 6.49. The summed E-state index contributed by atoms with van der Waals surface area (Å²) in [5.41, 5.74) is 3.98. The average Bonchev–Trinajstić information content (AvgIpc) is 3.22. The monoisotopic (exact) mass is 379 g/mol. The highest BCUT2D eigenvalue weighted by atomic mass is 19.1. The van der Waals surface area contributed by atoms with Gasteiger partial charge in [-0.3, -0.25) is 4.68 Å². The maximum absolute atomic E-state index is 14.4. The van der Waals surface area contributed by atoms with E-state index < -0.39 is 0 Å². The largest absolute Gasteiger partial charge is 0.369 e. The summed E-state index contributed by atoms with van der Waals surface area (Å²) < 4.78 is 17.9. The van der Waals surface area contributed by atoms with Crippen molar-refractivity contribution in [2.75, 3.05) is 36.4 Å². The van der Waals surface area contributed by atoms with Gasteiger partial charge in [0.25, 0.3) is 0 Å². The molecular weight excluding hydrogens is 357 g/mol. The van der Waals surface area contributed by atoms with Crippen LogP contribution in [0.1, 0.15) is 5.69 Å². The maximum atomic E-state index is 14.4.